The minimum absolute atomic E-state index is 0.735. The summed E-state index contributed by atoms with van der Waals surface area (Å²) < 4.78 is 0. The standard InChI is InChI=1S/C7H12N2/c1-3-7(9-8-2)6-4-5-6/h3,6H,4-5H2,1-2H3/b7-3-,9-8?. The molecule has 9 heavy (non-hydrogen) atoms. The molecule has 0 amide bonds. The third-order valence-corrected chi connectivity index (χ3v) is 1.51. The van der Waals surface area contributed by atoms with Gasteiger partial charge >= 0.3 is 0 Å². The van der Waals surface area contributed by atoms with Gasteiger partial charge in [0.2, 0.25) is 0 Å². The van der Waals surface area contributed by atoms with Crippen LogP contribution in [0.5, 0.6) is 0 Å². The number of hydrogen-bond acceptors (Lipinski definition) is 2. The Bertz CT molecular complexity index is 143. The monoisotopic (exact) mass is 124 g/mol. The van der Waals surface area contributed by atoms with E-state index in [9.17, 15) is 0 Å². The van der Waals surface area contributed by atoms with Crippen LogP contribution in [0, 0.1) is 5.92 Å². The predicted molar refractivity (Wildman–Crippen MR) is 37.3 cm³/mol. The lowest BCUT2D eigenvalue weighted by Crippen LogP contribution is -1.77. The van der Waals surface area contributed by atoms with E-state index >= 15 is 0 Å². The molecule has 1 fully saturated rings. The second-order valence-electron chi connectivity index (χ2n) is 2.29. The molecule has 0 heterocycles. The van der Waals surface area contributed by atoms with Crippen molar-refractivity contribution in [2.45, 2.75) is 19.8 Å². The van der Waals surface area contributed by atoms with Gasteiger partial charge in [0.25, 0.3) is 0 Å². The highest BCUT2D eigenvalue weighted by Crippen LogP contribution is 2.36. The zero-order valence-electron chi connectivity index (χ0n) is 5.96. The maximum atomic E-state index is 3.99. The van der Waals surface area contributed by atoms with Crippen LogP contribution in [0.1, 0.15) is 19.8 Å². The van der Waals surface area contributed by atoms with Crippen molar-refractivity contribution in [3.05, 3.63) is 11.8 Å². The lowest BCUT2D eigenvalue weighted by molar-refractivity contribution is 0.916. The van der Waals surface area contributed by atoms with Gasteiger partial charge in [0.05, 0.1) is 5.70 Å². The first-order valence-corrected chi connectivity index (χ1v) is 3.34. The quantitative estimate of drug-likeness (QED) is 0.505. The summed E-state index contributed by atoms with van der Waals surface area (Å²) in [7, 11) is 1.71. The molecule has 1 aliphatic rings. The van der Waals surface area contributed by atoms with Crippen molar-refractivity contribution in [1.29, 1.82) is 0 Å². The van der Waals surface area contributed by atoms with Crippen LogP contribution in [0.3, 0.4) is 0 Å². The van der Waals surface area contributed by atoms with Gasteiger partial charge in [-0.1, -0.05) is 6.08 Å². The fourth-order valence-corrected chi connectivity index (χ4v) is 0.870. The third-order valence-electron chi connectivity index (χ3n) is 1.51. The molecular weight excluding hydrogens is 112 g/mol. The topological polar surface area (TPSA) is 24.7 Å². The van der Waals surface area contributed by atoms with E-state index in [-0.39, 0.29) is 0 Å². The third kappa shape index (κ3) is 1.63. The number of rotatable bonds is 2. The van der Waals surface area contributed by atoms with Gasteiger partial charge in [-0.15, -0.1) is 0 Å². The lowest BCUT2D eigenvalue weighted by Gasteiger charge is -1.90. The second kappa shape index (κ2) is 2.76. The fourth-order valence-electron chi connectivity index (χ4n) is 0.870. The fraction of sp³-hybridized carbons (Fsp3) is 0.714. The maximum Gasteiger partial charge on any atom is 0.0614 e. The highest BCUT2D eigenvalue weighted by Gasteiger charge is 2.25. The van der Waals surface area contributed by atoms with Crippen LogP contribution in [-0.4, -0.2) is 7.05 Å². The number of hydrogen-bond donors (Lipinski definition) is 0. The number of nitrogens with zero attached hydrogens (tertiary/aromatic N) is 2. The summed E-state index contributed by atoms with van der Waals surface area (Å²) >= 11 is 0. The van der Waals surface area contributed by atoms with E-state index in [0.717, 1.165) is 11.6 Å². The van der Waals surface area contributed by atoms with Crippen LogP contribution in [0.4, 0.5) is 0 Å². The summed E-state index contributed by atoms with van der Waals surface area (Å²) in [6.07, 6.45) is 4.65. The van der Waals surface area contributed by atoms with Crippen molar-refractivity contribution in [3.8, 4) is 0 Å². The molecule has 2 heteroatoms. The van der Waals surface area contributed by atoms with E-state index in [1.54, 1.807) is 7.05 Å². The van der Waals surface area contributed by atoms with Crippen molar-refractivity contribution < 1.29 is 0 Å². The Morgan fingerprint density at radius 2 is 2.22 bits per heavy atom. The van der Waals surface area contributed by atoms with Crippen molar-refractivity contribution in [2.24, 2.45) is 16.1 Å². The first kappa shape index (κ1) is 6.46. The molecule has 0 aromatic heterocycles. The van der Waals surface area contributed by atoms with E-state index in [0.29, 0.717) is 0 Å². The zero-order chi connectivity index (χ0) is 6.69. The van der Waals surface area contributed by atoms with Crippen LogP contribution >= 0.6 is 0 Å². The Labute approximate surface area is 55.7 Å². The second-order valence-corrected chi connectivity index (χ2v) is 2.29. The molecule has 0 spiro atoms. The Balaban J connectivity index is 2.48. The first-order valence-electron chi connectivity index (χ1n) is 3.34. The molecule has 0 aromatic rings. The molecule has 0 unspecified atom stereocenters. The molecule has 1 aliphatic carbocycles. The molecule has 0 atom stereocenters. The molecule has 0 aliphatic heterocycles. The summed E-state index contributed by atoms with van der Waals surface area (Å²) in [4.78, 5) is 0. The highest BCUT2D eigenvalue weighted by molar-refractivity contribution is 5.08. The molecule has 2 nitrogen and oxygen atoms in total. The van der Waals surface area contributed by atoms with Crippen molar-refractivity contribution >= 4 is 0 Å². The lowest BCUT2D eigenvalue weighted by atomic mass is 10.3. The van der Waals surface area contributed by atoms with Crippen molar-refractivity contribution in [2.75, 3.05) is 7.05 Å². The molecule has 0 bridgehead atoms. The summed E-state index contributed by atoms with van der Waals surface area (Å²) in [6, 6.07) is 0. The van der Waals surface area contributed by atoms with E-state index in [1.807, 2.05) is 13.0 Å². The summed E-state index contributed by atoms with van der Waals surface area (Å²) in [5.74, 6) is 0.735. The van der Waals surface area contributed by atoms with Crippen molar-refractivity contribution in [1.82, 2.24) is 0 Å². The van der Waals surface area contributed by atoms with E-state index < -0.39 is 0 Å². The van der Waals surface area contributed by atoms with E-state index in [4.69, 9.17) is 0 Å². The Morgan fingerprint density at radius 3 is 2.56 bits per heavy atom. The van der Waals surface area contributed by atoms with Gasteiger partial charge in [-0.2, -0.15) is 10.2 Å². The normalized spacial score (nSPS) is 21.3. The minimum atomic E-state index is 0.735. The SMILES string of the molecule is C/C=C(\N=NC)C1CC1. The van der Waals surface area contributed by atoms with Gasteiger partial charge in [0, 0.05) is 13.0 Å². The van der Waals surface area contributed by atoms with Gasteiger partial charge < -0.3 is 0 Å². The molecule has 0 N–H and O–H groups in total. The molecule has 0 radical (unpaired) electrons. The molecule has 1 rings (SSSR count). The first-order chi connectivity index (χ1) is 4.38. The van der Waals surface area contributed by atoms with Gasteiger partial charge in [-0.25, -0.2) is 0 Å². The highest BCUT2D eigenvalue weighted by atomic mass is 15.1. The van der Waals surface area contributed by atoms with Gasteiger partial charge in [0.1, 0.15) is 0 Å². The minimum Gasteiger partial charge on any atom is -0.192 e. The van der Waals surface area contributed by atoms with Crippen LogP contribution < -0.4 is 0 Å². The largest absolute Gasteiger partial charge is 0.192 e. The summed E-state index contributed by atoms with van der Waals surface area (Å²) in [6.45, 7) is 2.02. The predicted octanol–water partition coefficient (Wildman–Crippen LogP) is 2.38. The van der Waals surface area contributed by atoms with Gasteiger partial charge in [0.15, 0.2) is 0 Å². The van der Waals surface area contributed by atoms with E-state index in [2.05, 4.69) is 10.2 Å². The summed E-state index contributed by atoms with van der Waals surface area (Å²) in [5.41, 5.74) is 1.16. The zero-order valence-corrected chi connectivity index (χ0v) is 5.96. The molecule has 1 saturated carbocycles. The average Bonchev–Trinajstić information content (AvgIpc) is 2.64. The number of azo groups is 1. The van der Waals surface area contributed by atoms with Crippen LogP contribution in [0.25, 0.3) is 0 Å². The van der Waals surface area contributed by atoms with Crippen LogP contribution in [-0.2, 0) is 0 Å². The molecule has 50 valence electrons. The van der Waals surface area contributed by atoms with Crippen LogP contribution in [0.15, 0.2) is 22.0 Å². The van der Waals surface area contributed by atoms with E-state index in [1.165, 1.54) is 12.8 Å². The smallest absolute Gasteiger partial charge is 0.0614 e. The van der Waals surface area contributed by atoms with Gasteiger partial charge in [-0.3, -0.25) is 0 Å². The maximum absolute atomic E-state index is 3.99. The Hall–Kier alpha value is -0.660. The Kier molecular flexibility index (Phi) is 1.98. The summed E-state index contributed by atoms with van der Waals surface area (Å²) in [5, 5.41) is 7.72. The van der Waals surface area contributed by atoms with Crippen LogP contribution in [0.2, 0.25) is 0 Å². The average molecular weight is 124 g/mol. The van der Waals surface area contributed by atoms with Gasteiger partial charge in [-0.05, 0) is 19.8 Å². The van der Waals surface area contributed by atoms with Crippen molar-refractivity contribution in [3.63, 3.8) is 0 Å². The molecular formula is C7H12N2. The Morgan fingerprint density at radius 1 is 1.56 bits per heavy atom. The number of allylic oxidation sites excluding steroid dienone is 2. The molecule has 0 aromatic carbocycles. The molecule has 0 saturated heterocycles.